The number of aromatic amines is 1. The zero-order chi connectivity index (χ0) is 33.8. The Labute approximate surface area is 255 Å². The van der Waals surface area contributed by atoms with Gasteiger partial charge in [-0.3, -0.25) is 19.4 Å². The summed E-state index contributed by atoms with van der Waals surface area (Å²) >= 11 is 0. The average Bonchev–Trinajstić information content (AvgIpc) is 3.01. The Hall–Kier alpha value is -4.82. The highest BCUT2D eigenvalue weighted by molar-refractivity contribution is 5.97. The van der Waals surface area contributed by atoms with Crippen LogP contribution in [0.2, 0.25) is 0 Å². The van der Waals surface area contributed by atoms with Crippen molar-refractivity contribution in [2.24, 2.45) is 5.73 Å². The van der Waals surface area contributed by atoms with E-state index in [1.807, 2.05) is 4.90 Å². The van der Waals surface area contributed by atoms with Gasteiger partial charge in [0.1, 0.15) is 36.3 Å². The van der Waals surface area contributed by atoms with Gasteiger partial charge in [-0.1, -0.05) is 0 Å². The summed E-state index contributed by atoms with van der Waals surface area (Å²) in [4.78, 5) is 64.9. The van der Waals surface area contributed by atoms with E-state index in [1.165, 1.54) is 12.1 Å². The van der Waals surface area contributed by atoms with Gasteiger partial charge < -0.3 is 67.8 Å². The van der Waals surface area contributed by atoms with E-state index >= 15 is 0 Å². The number of nitrogens with two attached hydrogens (primary N) is 2. The summed E-state index contributed by atoms with van der Waals surface area (Å²) in [6.45, 7) is 0.304. The van der Waals surface area contributed by atoms with Crippen LogP contribution < -0.4 is 37.9 Å². The fraction of sp³-hybridized carbons (Fsp3) is 0.462. The highest BCUT2D eigenvalue weighted by Crippen LogP contribution is 2.25. The molecule has 3 rings (SSSR count). The summed E-state index contributed by atoms with van der Waals surface area (Å²) in [5, 5.41) is 61.7. The first-order valence-corrected chi connectivity index (χ1v) is 13.5. The van der Waals surface area contributed by atoms with Crippen LogP contribution in [0.3, 0.4) is 0 Å². The van der Waals surface area contributed by atoms with Crippen molar-refractivity contribution in [3.8, 4) is 0 Å². The molecule has 248 valence electrons. The molecule has 14 N–H and O–H groups in total. The molecule has 1 aromatic heterocycles. The second-order valence-electron chi connectivity index (χ2n) is 9.99. The first-order valence-electron chi connectivity index (χ1n) is 13.5. The number of carbonyl (C=O) groups excluding carboxylic acids is 2. The summed E-state index contributed by atoms with van der Waals surface area (Å²) < 4.78 is 0. The number of carbonyl (C=O) groups is 4. The second kappa shape index (κ2) is 16.9. The third-order valence-corrected chi connectivity index (χ3v) is 6.74. The van der Waals surface area contributed by atoms with E-state index in [1.54, 1.807) is 19.2 Å². The Bertz CT molecular complexity index is 1370. The SMILES string of the molecule is CN1c2c(nc(N)[nH]c2=O)NC[C@@H]1CNc1ccc(C(=O)N[C@@H](CCC(=O)O)C(=O)O)cc1.N[C@@H](C=O)[C@@H](O)[C@H](O)[C@H](O)CO. The average molecular weight is 639 g/mol. The lowest BCUT2D eigenvalue weighted by Crippen LogP contribution is -2.49. The highest BCUT2D eigenvalue weighted by Gasteiger charge is 2.29. The number of hydrogen-bond acceptors (Lipinski definition) is 15. The molecule has 1 aliphatic heterocycles. The fourth-order valence-corrected chi connectivity index (χ4v) is 4.06. The minimum absolute atomic E-state index is 0.0388. The second-order valence-corrected chi connectivity index (χ2v) is 9.99. The number of benzene rings is 1. The van der Waals surface area contributed by atoms with Gasteiger partial charge in [0, 0.05) is 37.8 Å². The van der Waals surface area contributed by atoms with E-state index in [-0.39, 0.29) is 42.2 Å². The lowest BCUT2D eigenvalue weighted by atomic mass is 10.0. The lowest BCUT2D eigenvalue weighted by Gasteiger charge is -2.35. The van der Waals surface area contributed by atoms with Crippen molar-refractivity contribution in [2.75, 3.05) is 48.0 Å². The van der Waals surface area contributed by atoms with Crippen molar-refractivity contribution < 1.29 is 49.8 Å². The zero-order valence-electron chi connectivity index (χ0n) is 24.2. The van der Waals surface area contributed by atoms with Crippen molar-refractivity contribution in [1.29, 1.82) is 0 Å². The molecule has 6 atom stereocenters. The largest absolute Gasteiger partial charge is 0.481 e. The van der Waals surface area contributed by atoms with Crippen LogP contribution in [-0.4, -0.2) is 128 Å². The third kappa shape index (κ3) is 10.4. The first-order chi connectivity index (χ1) is 21.2. The number of H-pyrrole nitrogens is 1. The van der Waals surface area contributed by atoms with Gasteiger partial charge in [0.2, 0.25) is 5.95 Å². The number of nitrogens with zero attached hydrogens (tertiary/aromatic N) is 2. The standard InChI is InChI=1S/C20H25N7O6.C6H13NO5/c1-27-12(9-23-16-15(27)18(31)26-20(21)25-16)8-22-11-4-2-10(3-5-11)17(30)24-13(19(32)33)6-7-14(28)29;7-3(1-8)5(11)6(12)4(10)2-9/h2-5,12-13,22H,6-9H2,1H3,(H,24,30)(H,28,29)(H,32,33)(H4,21,23,25,26,31);1,3-6,9-12H,2,7H2/t12-,13-;3-,4+,5+,6+/m00/s1. The van der Waals surface area contributed by atoms with Crippen LogP contribution >= 0.6 is 0 Å². The zero-order valence-corrected chi connectivity index (χ0v) is 24.2. The minimum atomic E-state index is -1.62. The van der Waals surface area contributed by atoms with Gasteiger partial charge in [-0.05, 0) is 30.7 Å². The number of nitrogen functional groups attached to an aromatic ring is 1. The smallest absolute Gasteiger partial charge is 0.326 e. The van der Waals surface area contributed by atoms with Crippen molar-refractivity contribution in [3.05, 3.63) is 40.2 Å². The number of amides is 1. The molecule has 1 aliphatic rings. The molecule has 0 saturated heterocycles. The van der Waals surface area contributed by atoms with Crippen LogP contribution in [0, 0.1) is 0 Å². The Morgan fingerprint density at radius 1 is 1.16 bits per heavy atom. The molecule has 1 aromatic carbocycles. The summed E-state index contributed by atoms with van der Waals surface area (Å²) in [5.41, 5.74) is 11.6. The Kier molecular flexibility index (Phi) is 13.6. The predicted octanol–water partition coefficient (Wildman–Crippen LogP) is -3.67. The number of aldehydes is 1. The van der Waals surface area contributed by atoms with Crippen LogP contribution in [0.5, 0.6) is 0 Å². The van der Waals surface area contributed by atoms with Crippen molar-refractivity contribution in [1.82, 2.24) is 15.3 Å². The van der Waals surface area contributed by atoms with Crippen LogP contribution in [0.1, 0.15) is 23.2 Å². The molecule has 0 saturated carbocycles. The number of fused-ring (bicyclic) bond motifs is 1. The van der Waals surface area contributed by atoms with Crippen LogP contribution in [0.25, 0.3) is 0 Å². The number of nitrogens with one attached hydrogen (secondary N) is 4. The van der Waals surface area contributed by atoms with Gasteiger partial charge in [-0.25, -0.2) is 4.79 Å². The molecule has 0 fully saturated rings. The highest BCUT2D eigenvalue weighted by atomic mass is 16.4. The maximum absolute atomic E-state index is 12.3. The molecule has 0 radical (unpaired) electrons. The van der Waals surface area contributed by atoms with Crippen LogP contribution in [-0.2, 0) is 14.4 Å². The summed E-state index contributed by atoms with van der Waals surface area (Å²) in [6, 6.07) is 3.77. The molecule has 0 aliphatic carbocycles. The van der Waals surface area contributed by atoms with Gasteiger partial charge in [-0.15, -0.1) is 0 Å². The number of aromatic nitrogens is 2. The maximum Gasteiger partial charge on any atom is 0.326 e. The number of aliphatic hydroxyl groups is 4. The molecule has 0 spiro atoms. The van der Waals surface area contributed by atoms with Gasteiger partial charge in [0.15, 0.2) is 5.82 Å². The summed E-state index contributed by atoms with van der Waals surface area (Å²) in [7, 11) is 1.79. The Morgan fingerprint density at radius 2 is 1.80 bits per heavy atom. The van der Waals surface area contributed by atoms with E-state index in [0.29, 0.717) is 24.6 Å². The molecule has 0 unspecified atom stereocenters. The molecular formula is C26H38N8O11. The monoisotopic (exact) mass is 638 g/mol. The van der Waals surface area contributed by atoms with E-state index in [4.69, 9.17) is 37.0 Å². The molecule has 19 nitrogen and oxygen atoms in total. The van der Waals surface area contributed by atoms with E-state index < -0.39 is 54.8 Å². The Morgan fingerprint density at radius 3 is 2.36 bits per heavy atom. The number of carboxylic acid groups (broad SMARTS) is 2. The van der Waals surface area contributed by atoms with Gasteiger partial charge in [-0.2, -0.15) is 4.98 Å². The molecule has 45 heavy (non-hydrogen) atoms. The summed E-state index contributed by atoms with van der Waals surface area (Å²) in [5.74, 6) is -2.59. The Balaban J connectivity index is 0.000000498. The van der Waals surface area contributed by atoms with Crippen LogP contribution in [0.4, 0.5) is 23.1 Å². The topological polar surface area (TPSA) is 327 Å². The number of aliphatic carboxylic acids is 2. The number of carboxylic acids is 2. The molecule has 2 aromatic rings. The quantitative estimate of drug-likeness (QED) is 0.0886. The van der Waals surface area contributed by atoms with Crippen molar-refractivity contribution in [3.63, 3.8) is 0 Å². The number of aliphatic hydroxyl groups excluding tert-OH is 4. The third-order valence-electron chi connectivity index (χ3n) is 6.74. The van der Waals surface area contributed by atoms with Gasteiger partial charge >= 0.3 is 11.9 Å². The molecule has 1 amide bonds. The first kappa shape index (κ1) is 36.4. The molecule has 19 heteroatoms. The molecule has 2 heterocycles. The van der Waals surface area contributed by atoms with Gasteiger partial charge in [0.05, 0.1) is 18.7 Å². The van der Waals surface area contributed by atoms with Gasteiger partial charge in [0.25, 0.3) is 11.5 Å². The predicted molar refractivity (Wildman–Crippen MR) is 160 cm³/mol. The van der Waals surface area contributed by atoms with Crippen molar-refractivity contribution in [2.45, 2.75) is 49.3 Å². The maximum atomic E-state index is 12.3. The fourth-order valence-electron chi connectivity index (χ4n) is 4.06. The number of likely N-dealkylation sites (N-methyl/N-ethyl adjacent to an activating group) is 1. The number of hydrogen-bond donors (Lipinski definition) is 12. The summed E-state index contributed by atoms with van der Waals surface area (Å²) in [6.07, 6.45) is -5.01. The van der Waals surface area contributed by atoms with Crippen molar-refractivity contribution >= 4 is 47.3 Å². The molecular weight excluding hydrogens is 600 g/mol. The normalized spacial score (nSPS) is 17.1. The van der Waals surface area contributed by atoms with E-state index in [0.717, 1.165) is 5.69 Å². The molecule has 0 bridgehead atoms. The van der Waals surface area contributed by atoms with E-state index in [9.17, 15) is 29.1 Å². The number of rotatable bonds is 14. The lowest BCUT2D eigenvalue weighted by molar-refractivity contribution is -0.140. The van der Waals surface area contributed by atoms with E-state index in [2.05, 4.69) is 25.9 Å². The van der Waals surface area contributed by atoms with Crippen LogP contribution in [0.15, 0.2) is 29.1 Å². The minimum Gasteiger partial charge on any atom is -0.481 e. The number of anilines is 4.